The van der Waals surface area contributed by atoms with Crippen molar-refractivity contribution in [1.29, 1.82) is 0 Å². The lowest BCUT2D eigenvalue weighted by molar-refractivity contribution is 0.0519. The van der Waals surface area contributed by atoms with E-state index in [4.69, 9.17) is 0 Å². The minimum atomic E-state index is 0.192. The number of piperazine rings is 1. The van der Waals surface area contributed by atoms with E-state index in [1.54, 1.807) is 0 Å². The second kappa shape index (κ2) is 6.80. The first-order valence-electron chi connectivity index (χ1n) is 8.42. The monoisotopic (exact) mass is 301 g/mol. The molecule has 0 radical (unpaired) electrons. The summed E-state index contributed by atoms with van der Waals surface area (Å²) in [4.78, 5) is 19.6. The molecule has 0 atom stereocenters. The van der Waals surface area contributed by atoms with Gasteiger partial charge in [-0.05, 0) is 38.9 Å². The molecule has 1 aromatic carbocycles. The first-order valence-corrected chi connectivity index (χ1v) is 8.42. The normalized spacial score (nSPS) is 22.0. The van der Waals surface area contributed by atoms with Gasteiger partial charge in [-0.15, -0.1) is 0 Å². The average Bonchev–Trinajstić information content (AvgIpc) is 2.56. The average molecular weight is 301 g/mol. The van der Waals surface area contributed by atoms with Crippen LogP contribution in [0, 0.1) is 6.92 Å². The number of likely N-dealkylation sites (N-methyl/N-ethyl adjacent to an activating group) is 1. The first-order chi connectivity index (χ1) is 10.6. The Kier molecular flexibility index (Phi) is 4.79. The number of piperidine rings is 1. The third-order valence-electron chi connectivity index (χ3n) is 5.10. The molecule has 2 fully saturated rings. The molecule has 0 bridgehead atoms. The zero-order valence-electron chi connectivity index (χ0n) is 13.8. The number of amides is 1. The van der Waals surface area contributed by atoms with Crippen molar-refractivity contribution in [1.82, 2.24) is 14.7 Å². The van der Waals surface area contributed by atoms with E-state index in [0.29, 0.717) is 6.04 Å². The maximum absolute atomic E-state index is 12.5. The summed E-state index contributed by atoms with van der Waals surface area (Å²) in [5.41, 5.74) is 2.02. The van der Waals surface area contributed by atoms with Crippen LogP contribution in [0.1, 0.15) is 28.8 Å². The summed E-state index contributed by atoms with van der Waals surface area (Å²) in [6, 6.07) is 8.60. The summed E-state index contributed by atoms with van der Waals surface area (Å²) in [5, 5.41) is 0. The molecule has 2 aliphatic rings. The quantitative estimate of drug-likeness (QED) is 0.834. The second-order valence-electron chi connectivity index (χ2n) is 6.73. The van der Waals surface area contributed by atoms with E-state index in [2.05, 4.69) is 23.8 Å². The van der Waals surface area contributed by atoms with Crippen LogP contribution in [-0.4, -0.2) is 73.0 Å². The largest absolute Gasteiger partial charge is 0.339 e. The summed E-state index contributed by atoms with van der Waals surface area (Å²) in [6.07, 6.45) is 2.22. The summed E-state index contributed by atoms with van der Waals surface area (Å²) >= 11 is 0. The van der Waals surface area contributed by atoms with Crippen LogP contribution in [0.15, 0.2) is 24.3 Å². The number of hydrogen-bond acceptors (Lipinski definition) is 3. The molecule has 0 aliphatic carbocycles. The molecule has 0 saturated carbocycles. The van der Waals surface area contributed by atoms with E-state index in [0.717, 1.165) is 31.5 Å². The highest BCUT2D eigenvalue weighted by molar-refractivity contribution is 5.94. The van der Waals surface area contributed by atoms with Gasteiger partial charge in [0.15, 0.2) is 0 Å². The molecule has 3 rings (SSSR count). The van der Waals surface area contributed by atoms with Crippen molar-refractivity contribution < 1.29 is 4.79 Å². The van der Waals surface area contributed by atoms with Crippen LogP contribution < -0.4 is 0 Å². The Morgan fingerprint density at radius 3 is 2.14 bits per heavy atom. The number of benzene rings is 1. The molecule has 2 saturated heterocycles. The standard InChI is InChI=1S/C18H27N3O/c1-15-3-5-16(6-4-15)18(22)21-9-7-17(8-10-21)20-13-11-19(2)12-14-20/h3-6,17H,7-14H2,1-2H3. The molecule has 2 heterocycles. The first kappa shape index (κ1) is 15.5. The molecule has 0 spiro atoms. The van der Waals surface area contributed by atoms with Gasteiger partial charge in [0.2, 0.25) is 0 Å². The smallest absolute Gasteiger partial charge is 0.253 e. The van der Waals surface area contributed by atoms with Gasteiger partial charge < -0.3 is 9.80 Å². The molecule has 0 aromatic heterocycles. The van der Waals surface area contributed by atoms with E-state index in [9.17, 15) is 4.79 Å². The minimum Gasteiger partial charge on any atom is -0.339 e. The summed E-state index contributed by atoms with van der Waals surface area (Å²) < 4.78 is 0. The van der Waals surface area contributed by atoms with Crippen LogP contribution >= 0.6 is 0 Å². The van der Waals surface area contributed by atoms with E-state index in [-0.39, 0.29) is 5.91 Å². The second-order valence-corrected chi connectivity index (χ2v) is 6.73. The number of hydrogen-bond donors (Lipinski definition) is 0. The Bertz CT molecular complexity index is 498. The van der Waals surface area contributed by atoms with Crippen LogP contribution in [0.5, 0.6) is 0 Å². The molecule has 1 amide bonds. The third kappa shape index (κ3) is 3.50. The highest BCUT2D eigenvalue weighted by atomic mass is 16.2. The zero-order chi connectivity index (χ0) is 15.5. The van der Waals surface area contributed by atoms with Crippen molar-refractivity contribution in [3.05, 3.63) is 35.4 Å². The predicted molar refractivity (Wildman–Crippen MR) is 89.2 cm³/mol. The number of aryl methyl sites for hydroxylation is 1. The zero-order valence-corrected chi connectivity index (χ0v) is 13.8. The molecular formula is C18H27N3O. The molecule has 22 heavy (non-hydrogen) atoms. The van der Waals surface area contributed by atoms with E-state index >= 15 is 0 Å². The van der Waals surface area contributed by atoms with Gasteiger partial charge in [-0.2, -0.15) is 0 Å². The summed E-state index contributed by atoms with van der Waals surface area (Å²) in [5.74, 6) is 0.192. The summed E-state index contributed by atoms with van der Waals surface area (Å²) in [7, 11) is 2.19. The highest BCUT2D eigenvalue weighted by Crippen LogP contribution is 2.19. The Balaban J connectivity index is 1.53. The molecule has 4 nitrogen and oxygen atoms in total. The van der Waals surface area contributed by atoms with Crippen LogP contribution in [0.4, 0.5) is 0 Å². The number of carbonyl (C=O) groups excluding carboxylic acids is 1. The number of nitrogens with zero attached hydrogens (tertiary/aromatic N) is 3. The van der Waals surface area contributed by atoms with E-state index in [1.807, 2.05) is 29.2 Å². The number of likely N-dealkylation sites (tertiary alicyclic amines) is 1. The highest BCUT2D eigenvalue weighted by Gasteiger charge is 2.28. The van der Waals surface area contributed by atoms with Gasteiger partial charge in [0, 0.05) is 50.9 Å². The Morgan fingerprint density at radius 1 is 0.955 bits per heavy atom. The SMILES string of the molecule is Cc1ccc(C(=O)N2CCC(N3CCN(C)CC3)CC2)cc1. The van der Waals surface area contributed by atoms with Crippen molar-refractivity contribution in [2.24, 2.45) is 0 Å². The third-order valence-corrected chi connectivity index (χ3v) is 5.10. The van der Waals surface area contributed by atoms with Crippen LogP contribution in [0.25, 0.3) is 0 Å². The number of carbonyl (C=O) groups is 1. The molecule has 2 aliphatic heterocycles. The lowest BCUT2D eigenvalue weighted by Gasteiger charge is -2.42. The van der Waals surface area contributed by atoms with Crippen molar-refractivity contribution in [2.75, 3.05) is 46.3 Å². The van der Waals surface area contributed by atoms with Gasteiger partial charge in [-0.3, -0.25) is 9.69 Å². The maximum atomic E-state index is 12.5. The van der Waals surface area contributed by atoms with Crippen LogP contribution in [0.2, 0.25) is 0 Å². The van der Waals surface area contributed by atoms with Crippen molar-refractivity contribution in [3.63, 3.8) is 0 Å². The molecule has 4 heteroatoms. The fourth-order valence-electron chi connectivity index (χ4n) is 3.50. The topological polar surface area (TPSA) is 26.8 Å². The van der Waals surface area contributed by atoms with E-state index in [1.165, 1.54) is 31.7 Å². The van der Waals surface area contributed by atoms with E-state index < -0.39 is 0 Å². The minimum absolute atomic E-state index is 0.192. The van der Waals surface area contributed by atoms with Crippen molar-refractivity contribution in [2.45, 2.75) is 25.8 Å². The van der Waals surface area contributed by atoms with Crippen LogP contribution in [-0.2, 0) is 0 Å². The van der Waals surface area contributed by atoms with Crippen LogP contribution in [0.3, 0.4) is 0 Å². The predicted octanol–water partition coefficient (Wildman–Crippen LogP) is 1.85. The van der Waals surface area contributed by atoms with Gasteiger partial charge in [0.1, 0.15) is 0 Å². The maximum Gasteiger partial charge on any atom is 0.253 e. The van der Waals surface area contributed by atoms with Gasteiger partial charge in [-0.25, -0.2) is 0 Å². The molecule has 0 unspecified atom stereocenters. The molecule has 120 valence electrons. The Hall–Kier alpha value is -1.39. The van der Waals surface area contributed by atoms with Gasteiger partial charge in [0.05, 0.1) is 0 Å². The van der Waals surface area contributed by atoms with Gasteiger partial charge >= 0.3 is 0 Å². The number of rotatable bonds is 2. The lowest BCUT2D eigenvalue weighted by Crippen LogP contribution is -2.52. The lowest BCUT2D eigenvalue weighted by atomic mass is 10.0. The fourth-order valence-corrected chi connectivity index (χ4v) is 3.50. The fraction of sp³-hybridized carbons (Fsp3) is 0.611. The van der Waals surface area contributed by atoms with Crippen molar-refractivity contribution >= 4 is 5.91 Å². The summed E-state index contributed by atoms with van der Waals surface area (Å²) in [6.45, 7) is 8.52. The molecule has 0 N–H and O–H groups in total. The Morgan fingerprint density at radius 2 is 1.55 bits per heavy atom. The molecular weight excluding hydrogens is 274 g/mol. The van der Waals surface area contributed by atoms with Gasteiger partial charge in [-0.1, -0.05) is 17.7 Å². The van der Waals surface area contributed by atoms with Crippen molar-refractivity contribution in [3.8, 4) is 0 Å². The Labute approximate surface area is 133 Å². The molecule has 1 aromatic rings. The van der Waals surface area contributed by atoms with Gasteiger partial charge in [0.25, 0.3) is 5.91 Å².